The summed E-state index contributed by atoms with van der Waals surface area (Å²) >= 11 is 0. The summed E-state index contributed by atoms with van der Waals surface area (Å²) in [5, 5.41) is 10.3. The van der Waals surface area contributed by atoms with E-state index in [9.17, 15) is 10.1 Å². The summed E-state index contributed by atoms with van der Waals surface area (Å²) in [6.07, 6.45) is 17.3. The number of unbranched alkanes of at least 4 members (excludes halogenated alkanes) is 1. The van der Waals surface area contributed by atoms with Crippen molar-refractivity contribution in [3.05, 3.63) is 21.8 Å². The van der Waals surface area contributed by atoms with E-state index in [0.717, 1.165) is 54.8 Å². The van der Waals surface area contributed by atoms with Crippen LogP contribution in [0.2, 0.25) is 0 Å². The van der Waals surface area contributed by atoms with Gasteiger partial charge in [-0.15, -0.1) is 10.1 Å². The first-order valence-corrected chi connectivity index (χ1v) is 13.7. The van der Waals surface area contributed by atoms with Crippen LogP contribution in [0.5, 0.6) is 0 Å². The van der Waals surface area contributed by atoms with Crippen LogP contribution in [0.1, 0.15) is 112 Å². The van der Waals surface area contributed by atoms with E-state index in [1.165, 1.54) is 63.4 Å². The molecule has 0 heterocycles. The van der Waals surface area contributed by atoms with Crippen molar-refractivity contribution in [3.63, 3.8) is 0 Å². The molecule has 4 rings (SSSR count). The molecule has 0 radical (unpaired) electrons. The molecule has 0 N–H and O–H groups in total. The molecule has 4 aliphatic carbocycles. The number of hydrogen-bond acceptors (Lipinski definition) is 3. The van der Waals surface area contributed by atoms with E-state index >= 15 is 0 Å². The topological polar surface area (TPSA) is 52.4 Å². The van der Waals surface area contributed by atoms with Gasteiger partial charge in [0.1, 0.15) is 6.10 Å². The molecule has 0 aromatic rings. The lowest BCUT2D eigenvalue weighted by Gasteiger charge is -2.58. The van der Waals surface area contributed by atoms with Crippen molar-refractivity contribution in [3.8, 4) is 0 Å². The minimum atomic E-state index is -0.589. The Morgan fingerprint density at radius 1 is 1.06 bits per heavy atom. The van der Waals surface area contributed by atoms with Gasteiger partial charge in [-0.2, -0.15) is 0 Å². The van der Waals surface area contributed by atoms with Gasteiger partial charge in [0.25, 0.3) is 5.09 Å². The van der Waals surface area contributed by atoms with Gasteiger partial charge < -0.3 is 4.84 Å². The van der Waals surface area contributed by atoms with E-state index in [1.807, 2.05) is 0 Å². The fraction of sp³-hybridized carbons (Fsp3) is 0.929. The van der Waals surface area contributed by atoms with Gasteiger partial charge in [-0.25, -0.2) is 0 Å². The molecule has 3 saturated carbocycles. The highest BCUT2D eigenvalue weighted by Gasteiger charge is 2.59. The molecular formula is C28H47NO3. The van der Waals surface area contributed by atoms with Crippen LogP contribution >= 0.6 is 0 Å². The Bertz CT molecular complexity index is 717. The van der Waals surface area contributed by atoms with Crippen molar-refractivity contribution >= 4 is 0 Å². The Morgan fingerprint density at radius 3 is 2.53 bits per heavy atom. The first-order chi connectivity index (χ1) is 15.1. The fourth-order valence-electron chi connectivity index (χ4n) is 9.03. The number of hydrogen-bond donors (Lipinski definition) is 0. The number of rotatable bonds is 8. The third-order valence-corrected chi connectivity index (χ3v) is 10.7. The van der Waals surface area contributed by atoms with E-state index in [2.05, 4.69) is 40.7 Å². The summed E-state index contributed by atoms with van der Waals surface area (Å²) in [6.45, 7) is 12.4. The molecule has 0 saturated heterocycles. The zero-order valence-corrected chi connectivity index (χ0v) is 21.3. The molecule has 3 fully saturated rings. The molecule has 0 bridgehead atoms. The van der Waals surface area contributed by atoms with E-state index in [-0.39, 0.29) is 11.5 Å². The molecule has 0 aromatic carbocycles. The largest absolute Gasteiger partial charge is 0.310 e. The van der Waals surface area contributed by atoms with Gasteiger partial charge in [0, 0.05) is 0 Å². The molecule has 4 nitrogen and oxygen atoms in total. The molecule has 4 aliphatic rings. The lowest BCUT2D eigenvalue weighted by Crippen LogP contribution is -2.51. The smallest absolute Gasteiger partial charge is 0.294 e. The van der Waals surface area contributed by atoms with Crippen LogP contribution < -0.4 is 0 Å². The van der Waals surface area contributed by atoms with Gasteiger partial charge in [0.15, 0.2) is 0 Å². The lowest BCUT2D eigenvalue weighted by atomic mass is 9.47. The third kappa shape index (κ3) is 4.37. The van der Waals surface area contributed by atoms with Crippen LogP contribution in [0.15, 0.2) is 11.6 Å². The summed E-state index contributed by atoms with van der Waals surface area (Å²) in [7, 11) is 0. The van der Waals surface area contributed by atoms with Crippen molar-refractivity contribution in [2.45, 2.75) is 118 Å². The second-order valence-corrected chi connectivity index (χ2v) is 12.8. The van der Waals surface area contributed by atoms with Crippen LogP contribution in [-0.2, 0) is 4.84 Å². The monoisotopic (exact) mass is 445 g/mol. The number of fused-ring (bicyclic) bond motifs is 5. The highest BCUT2D eigenvalue weighted by atomic mass is 17.0. The standard InChI is InChI=1S/C28H47NO3/c1-19(2)8-6-7-9-20(3)24-12-13-25-23-11-10-21-18-22(32-29(30)31)14-16-27(21,4)26(23)15-17-28(24,25)5/h10,19-20,22-26H,6-9,11-18H2,1-5H3/t20-,22+,23+,24-,25+,26+,27+,28-/m1/s1. The van der Waals surface area contributed by atoms with E-state index in [4.69, 9.17) is 4.84 Å². The summed E-state index contributed by atoms with van der Waals surface area (Å²) in [4.78, 5) is 15.8. The molecule has 182 valence electrons. The molecule has 8 atom stereocenters. The van der Waals surface area contributed by atoms with Crippen LogP contribution in [0.4, 0.5) is 0 Å². The van der Waals surface area contributed by atoms with Crippen LogP contribution in [0, 0.1) is 56.5 Å². The first kappa shape index (κ1) is 24.1. The number of allylic oxidation sites excluding steroid dienone is 1. The van der Waals surface area contributed by atoms with Crippen LogP contribution in [-0.4, -0.2) is 11.2 Å². The van der Waals surface area contributed by atoms with Gasteiger partial charge >= 0.3 is 0 Å². The second-order valence-electron chi connectivity index (χ2n) is 12.8. The van der Waals surface area contributed by atoms with Crippen LogP contribution in [0.3, 0.4) is 0 Å². The summed E-state index contributed by atoms with van der Waals surface area (Å²) in [6, 6.07) is 0. The maximum absolute atomic E-state index is 10.9. The molecule has 32 heavy (non-hydrogen) atoms. The molecule has 0 aromatic heterocycles. The zero-order chi connectivity index (χ0) is 23.1. The van der Waals surface area contributed by atoms with Crippen molar-refractivity contribution in [2.75, 3.05) is 0 Å². The highest BCUT2D eigenvalue weighted by molar-refractivity contribution is 5.25. The predicted octanol–water partition coefficient (Wildman–Crippen LogP) is 7.99. The Kier molecular flexibility index (Phi) is 6.99. The predicted molar refractivity (Wildman–Crippen MR) is 130 cm³/mol. The Labute approximate surface area is 196 Å². The molecule has 0 unspecified atom stereocenters. The van der Waals surface area contributed by atoms with Crippen molar-refractivity contribution in [2.24, 2.45) is 46.3 Å². The van der Waals surface area contributed by atoms with E-state index in [1.54, 1.807) is 0 Å². The lowest BCUT2D eigenvalue weighted by molar-refractivity contribution is -0.769. The molecule has 4 heteroatoms. The Hall–Kier alpha value is -1.06. The van der Waals surface area contributed by atoms with Gasteiger partial charge in [-0.05, 0) is 97.7 Å². The Balaban J connectivity index is 1.43. The van der Waals surface area contributed by atoms with Crippen LogP contribution in [0.25, 0.3) is 0 Å². The summed E-state index contributed by atoms with van der Waals surface area (Å²) < 4.78 is 0. The van der Waals surface area contributed by atoms with Crippen molar-refractivity contribution < 1.29 is 9.92 Å². The minimum Gasteiger partial charge on any atom is -0.310 e. The minimum absolute atomic E-state index is 0.234. The quantitative estimate of drug-likeness (QED) is 0.165. The van der Waals surface area contributed by atoms with Gasteiger partial charge in [0.2, 0.25) is 0 Å². The average molecular weight is 446 g/mol. The molecule has 0 spiro atoms. The molecule has 0 aliphatic heterocycles. The Morgan fingerprint density at radius 2 is 1.81 bits per heavy atom. The molecular weight excluding hydrogens is 398 g/mol. The first-order valence-electron chi connectivity index (χ1n) is 13.7. The highest BCUT2D eigenvalue weighted by Crippen LogP contribution is 2.67. The van der Waals surface area contributed by atoms with Gasteiger partial charge in [-0.3, -0.25) is 0 Å². The summed E-state index contributed by atoms with van der Waals surface area (Å²) in [5.74, 6) is 5.03. The van der Waals surface area contributed by atoms with Crippen molar-refractivity contribution in [1.82, 2.24) is 0 Å². The maximum Gasteiger partial charge on any atom is 0.294 e. The SMILES string of the molecule is CC(C)CCCC[C@@H](C)[C@H]1CC[C@H]2[C@@H]3CC=C4C[C@@H](O[N+](=O)[O-])CC[C@]4(C)[C@H]3CC[C@]12C. The maximum atomic E-state index is 10.9. The summed E-state index contributed by atoms with van der Waals surface area (Å²) in [5.41, 5.74) is 2.22. The molecule has 0 amide bonds. The van der Waals surface area contributed by atoms with Crippen molar-refractivity contribution in [1.29, 1.82) is 0 Å². The fourth-order valence-corrected chi connectivity index (χ4v) is 9.03. The van der Waals surface area contributed by atoms with Gasteiger partial charge in [-0.1, -0.05) is 72.0 Å². The van der Waals surface area contributed by atoms with Gasteiger partial charge in [0.05, 0.1) is 0 Å². The zero-order valence-electron chi connectivity index (χ0n) is 21.3. The third-order valence-electron chi connectivity index (χ3n) is 10.7. The van der Waals surface area contributed by atoms with E-state index < -0.39 is 5.09 Å². The number of nitrogens with zero attached hydrogens (tertiary/aromatic N) is 1. The second kappa shape index (κ2) is 9.29. The van der Waals surface area contributed by atoms with E-state index in [0.29, 0.717) is 5.41 Å². The normalized spacial score (nSPS) is 41.9. The average Bonchev–Trinajstić information content (AvgIpc) is 3.08.